The van der Waals surface area contributed by atoms with E-state index >= 15 is 0 Å². The maximum atomic E-state index is 13.7. The number of hydrogen-bond acceptors (Lipinski definition) is 3. The second-order valence-corrected chi connectivity index (χ2v) is 4.12. The van der Waals surface area contributed by atoms with Gasteiger partial charge < -0.3 is 9.47 Å². The van der Waals surface area contributed by atoms with Crippen LogP contribution in [0.1, 0.15) is 15.9 Å². The Kier molecular flexibility index (Phi) is 4.16. The summed E-state index contributed by atoms with van der Waals surface area (Å²) in [7, 11) is 2.73. The van der Waals surface area contributed by atoms with Gasteiger partial charge in [-0.1, -0.05) is 0 Å². The number of rotatable bonds is 4. The van der Waals surface area contributed by atoms with Crippen molar-refractivity contribution in [3.05, 3.63) is 58.9 Å². The average Bonchev–Trinajstić information content (AvgIpc) is 2.51. The highest BCUT2D eigenvalue weighted by Gasteiger charge is 2.22. The van der Waals surface area contributed by atoms with E-state index in [1.54, 1.807) is 6.07 Å². The Morgan fingerprint density at radius 2 is 1.62 bits per heavy atom. The summed E-state index contributed by atoms with van der Waals surface area (Å²) in [5.74, 6) is -4.90. The van der Waals surface area contributed by atoms with Crippen molar-refractivity contribution in [2.45, 2.75) is 0 Å². The second kappa shape index (κ2) is 5.87. The zero-order valence-corrected chi connectivity index (χ0v) is 11.2. The number of methoxy groups -OCH3 is 2. The molecule has 3 nitrogen and oxygen atoms in total. The van der Waals surface area contributed by atoms with Gasteiger partial charge in [0.15, 0.2) is 23.2 Å². The molecule has 0 saturated carbocycles. The number of ketones is 1. The molecule has 2 rings (SSSR count). The van der Waals surface area contributed by atoms with Crippen molar-refractivity contribution in [1.29, 1.82) is 0 Å². The van der Waals surface area contributed by atoms with E-state index in [1.807, 2.05) is 0 Å². The predicted octanol–water partition coefficient (Wildman–Crippen LogP) is 3.35. The Morgan fingerprint density at radius 1 is 0.905 bits per heavy atom. The highest BCUT2D eigenvalue weighted by Crippen LogP contribution is 2.28. The summed E-state index contributed by atoms with van der Waals surface area (Å²) < 4.78 is 49.9. The van der Waals surface area contributed by atoms with Crippen LogP contribution in [-0.2, 0) is 0 Å². The number of hydrogen-bond donors (Lipinski definition) is 0. The van der Waals surface area contributed by atoms with Crippen LogP contribution in [0.15, 0.2) is 30.3 Å². The molecule has 110 valence electrons. The molecule has 0 saturated heterocycles. The molecule has 0 N–H and O–H groups in total. The highest BCUT2D eigenvalue weighted by molar-refractivity contribution is 6.11. The number of carbonyl (C=O) groups is 1. The van der Waals surface area contributed by atoms with Gasteiger partial charge in [-0.25, -0.2) is 13.2 Å². The van der Waals surface area contributed by atoms with Crippen molar-refractivity contribution >= 4 is 5.78 Å². The van der Waals surface area contributed by atoms with E-state index in [0.717, 1.165) is 6.07 Å². The van der Waals surface area contributed by atoms with Crippen LogP contribution < -0.4 is 9.47 Å². The van der Waals surface area contributed by atoms with E-state index in [4.69, 9.17) is 9.47 Å². The summed E-state index contributed by atoms with van der Waals surface area (Å²) in [6, 6.07) is 5.93. The van der Waals surface area contributed by atoms with E-state index in [1.165, 1.54) is 26.4 Å². The topological polar surface area (TPSA) is 35.5 Å². The maximum Gasteiger partial charge on any atom is 0.199 e. The molecule has 6 heteroatoms. The SMILES string of the molecule is COc1ccc(OC)c(C(=O)c2ccc(F)c(F)c2F)c1. The fourth-order valence-electron chi connectivity index (χ4n) is 1.84. The normalized spacial score (nSPS) is 10.3. The van der Waals surface area contributed by atoms with Gasteiger partial charge in [-0.2, -0.15) is 0 Å². The van der Waals surface area contributed by atoms with Crippen molar-refractivity contribution in [3.8, 4) is 11.5 Å². The van der Waals surface area contributed by atoms with E-state index < -0.39 is 28.8 Å². The molecule has 0 fully saturated rings. The van der Waals surface area contributed by atoms with Crippen LogP contribution in [0.5, 0.6) is 11.5 Å². The highest BCUT2D eigenvalue weighted by atomic mass is 19.2. The molecule has 2 aromatic rings. The largest absolute Gasteiger partial charge is 0.497 e. The van der Waals surface area contributed by atoms with Crippen LogP contribution in [0.4, 0.5) is 13.2 Å². The molecule has 0 spiro atoms. The molecule has 0 aliphatic carbocycles. The summed E-state index contributed by atoms with van der Waals surface area (Å²) in [5.41, 5.74) is -0.595. The molecule has 0 aliphatic rings. The van der Waals surface area contributed by atoms with Gasteiger partial charge in [0.1, 0.15) is 11.5 Å². The van der Waals surface area contributed by atoms with E-state index in [0.29, 0.717) is 11.8 Å². The first-order valence-corrected chi connectivity index (χ1v) is 5.89. The third-order valence-electron chi connectivity index (χ3n) is 2.93. The Bertz CT molecular complexity index is 699. The van der Waals surface area contributed by atoms with Gasteiger partial charge in [0, 0.05) is 0 Å². The molecule has 0 aromatic heterocycles. The first kappa shape index (κ1) is 14.9. The minimum Gasteiger partial charge on any atom is -0.497 e. The smallest absolute Gasteiger partial charge is 0.199 e. The lowest BCUT2D eigenvalue weighted by molar-refractivity contribution is 0.103. The third-order valence-corrected chi connectivity index (χ3v) is 2.93. The summed E-state index contributed by atoms with van der Waals surface area (Å²) in [6.45, 7) is 0. The molecule has 0 amide bonds. The molecule has 0 aliphatic heterocycles. The van der Waals surface area contributed by atoms with Crippen LogP contribution in [-0.4, -0.2) is 20.0 Å². The molecule has 0 unspecified atom stereocenters. The van der Waals surface area contributed by atoms with Crippen LogP contribution in [0.3, 0.4) is 0 Å². The van der Waals surface area contributed by atoms with Gasteiger partial charge in [0.25, 0.3) is 0 Å². The van der Waals surface area contributed by atoms with E-state index in [2.05, 4.69) is 0 Å². The fraction of sp³-hybridized carbons (Fsp3) is 0.133. The van der Waals surface area contributed by atoms with Gasteiger partial charge in [-0.3, -0.25) is 4.79 Å². The lowest BCUT2D eigenvalue weighted by Crippen LogP contribution is -2.09. The van der Waals surface area contributed by atoms with E-state index in [-0.39, 0.29) is 11.3 Å². The van der Waals surface area contributed by atoms with Crippen molar-refractivity contribution < 1.29 is 27.4 Å². The quantitative estimate of drug-likeness (QED) is 0.641. The Morgan fingerprint density at radius 3 is 2.24 bits per heavy atom. The van der Waals surface area contributed by atoms with Gasteiger partial charge in [0.2, 0.25) is 0 Å². The lowest BCUT2D eigenvalue weighted by Gasteiger charge is -2.10. The molecular formula is C15H11F3O3. The van der Waals surface area contributed by atoms with Crippen molar-refractivity contribution in [2.75, 3.05) is 14.2 Å². The fourth-order valence-corrected chi connectivity index (χ4v) is 1.84. The predicted molar refractivity (Wildman–Crippen MR) is 69.3 cm³/mol. The molecule has 0 atom stereocenters. The minimum absolute atomic E-state index is 0.0123. The van der Waals surface area contributed by atoms with E-state index in [9.17, 15) is 18.0 Å². The van der Waals surface area contributed by atoms with Crippen molar-refractivity contribution in [2.24, 2.45) is 0 Å². The minimum atomic E-state index is -1.69. The monoisotopic (exact) mass is 296 g/mol. The first-order valence-electron chi connectivity index (χ1n) is 5.89. The van der Waals surface area contributed by atoms with Crippen molar-refractivity contribution in [3.63, 3.8) is 0 Å². The van der Waals surface area contributed by atoms with Crippen LogP contribution >= 0.6 is 0 Å². The molecule has 0 bridgehead atoms. The number of benzene rings is 2. The van der Waals surface area contributed by atoms with Gasteiger partial charge in [0.05, 0.1) is 25.3 Å². The Hall–Kier alpha value is -2.50. The number of carbonyl (C=O) groups excluding carboxylic acids is 1. The summed E-state index contributed by atoms with van der Waals surface area (Å²) >= 11 is 0. The molecule has 21 heavy (non-hydrogen) atoms. The van der Waals surface area contributed by atoms with Crippen LogP contribution in [0.2, 0.25) is 0 Å². The third kappa shape index (κ3) is 2.69. The van der Waals surface area contributed by atoms with Gasteiger partial charge >= 0.3 is 0 Å². The Labute approximate surface area is 118 Å². The summed E-state index contributed by atoms with van der Waals surface area (Å²) in [5, 5.41) is 0. The Balaban J connectivity index is 2.57. The average molecular weight is 296 g/mol. The van der Waals surface area contributed by atoms with Crippen LogP contribution in [0, 0.1) is 17.5 Å². The van der Waals surface area contributed by atoms with Gasteiger partial charge in [-0.15, -0.1) is 0 Å². The summed E-state index contributed by atoms with van der Waals surface area (Å²) in [6.07, 6.45) is 0. The molecule has 0 radical (unpaired) electrons. The molecule has 2 aromatic carbocycles. The van der Waals surface area contributed by atoms with Crippen molar-refractivity contribution in [1.82, 2.24) is 0 Å². The number of ether oxygens (including phenoxy) is 2. The van der Waals surface area contributed by atoms with Crippen LogP contribution in [0.25, 0.3) is 0 Å². The maximum absolute atomic E-state index is 13.7. The number of halogens is 3. The second-order valence-electron chi connectivity index (χ2n) is 4.12. The summed E-state index contributed by atoms with van der Waals surface area (Å²) in [4.78, 5) is 12.3. The first-order chi connectivity index (χ1) is 9.99. The zero-order valence-electron chi connectivity index (χ0n) is 11.2. The molecule has 0 heterocycles. The lowest BCUT2D eigenvalue weighted by atomic mass is 10.0. The molecular weight excluding hydrogens is 285 g/mol. The zero-order chi connectivity index (χ0) is 15.6. The van der Waals surface area contributed by atoms with Gasteiger partial charge in [-0.05, 0) is 30.3 Å². The standard InChI is InChI=1S/C15H11F3O3/c1-20-8-3-6-12(21-2)10(7-8)15(19)9-4-5-11(16)14(18)13(9)17/h3-7H,1-2H3.